The normalized spacial score (nSPS) is 21.2. The number of thioether (sulfide) groups is 1. The summed E-state index contributed by atoms with van der Waals surface area (Å²) in [5.41, 5.74) is 1.57. The summed E-state index contributed by atoms with van der Waals surface area (Å²) < 4.78 is 11.1. The van der Waals surface area contributed by atoms with Crippen LogP contribution >= 0.6 is 11.8 Å². The minimum atomic E-state index is -0.316. The summed E-state index contributed by atoms with van der Waals surface area (Å²) in [5.74, 6) is 2.10. The molecule has 0 radical (unpaired) electrons. The van der Waals surface area contributed by atoms with Crippen molar-refractivity contribution in [2.75, 3.05) is 19.7 Å². The number of carbonyl (C=O) groups is 1. The number of rotatable bonds is 4. The maximum atomic E-state index is 13.2. The van der Waals surface area contributed by atoms with E-state index in [1.165, 1.54) is 4.90 Å². The zero-order chi connectivity index (χ0) is 21.4. The monoisotopic (exact) mass is 432 g/mol. The van der Waals surface area contributed by atoms with Gasteiger partial charge in [0, 0.05) is 17.9 Å². The second kappa shape index (κ2) is 8.14. The van der Waals surface area contributed by atoms with Crippen molar-refractivity contribution >= 4 is 28.4 Å². The zero-order valence-corrected chi connectivity index (χ0v) is 17.9. The molecular weight excluding hydrogens is 410 g/mol. The molecule has 0 spiro atoms. The van der Waals surface area contributed by atoms with Crippen LogP contribution in [0.25, 0.3) is 10.8 Å². The van der Waals surface area contributed by atoms with Crippen LogP contribution in [0.2, 0.25) is 0 Å². The van der Waals surface area contributed by atoms with Gasteiger partial charge in [-0.1, -0.05) is 30.3 Å². The standard InChI is InChI=1S/C24H21N3O3S/c1-29-21-9-8-16-5-2-3-7-18(16)23(21)19-11-22(28)27-14-26(13-17-6-4-10-30-17)15-31-24(27)20(19)12-25/h2-10,19H,11,13-15H2,1H3/p+1/t19-/m0/s1. The van der Waals surface area contributed by atoms with Crippen LogP contribution in [0.1, 0.15) is 23.7 Å². The van der Waals surface area contributed by atoms with E-state index in [1.54, 1.807) is 30.0 Å². The molecular formula is C24H22N3O3S+. The van der Waals surface area contributed by atoms with Crippen molar-refractivity contribution in [1.82, 2.24) is 4.90 Å². The van der Waals surface area contributed by atoms with E-state index < -0.39 is 0 Å². The van der Waals surface area contributed by atoms with Gasteiger partial charge in [-0.3, -0.25) is 9.69 Å². The van der Waals surface area contributed by atoms with Gasteiger partial charge in [-0.05, 0) is 40.7 Å². The number of hydrogen-bond acceptors (Lipinski definition) is 5. The summed E-state index contributed by atoms with van der Waals surface area (Å²) in [6.07, 6.45) is 1.92. The first-order chi connectivity index (χ1) is 15.2. The molecule has 3 heterocycles. The van der Waals surface area contributed by atoms with Crippen LogP contribution in [0.3, 0.4) is 0 Å². The van der Waals surface area contributed by atoms with Crippen LogP contribution in [0.5, 0.6) is 5.75 Å². The summed E-state index contributed by atoms with van der Waals surface area (Å²) in [5, 5.41) is 13.0. The summed E-state index contributed by atoms with van der Waals surface area (Å²) >= 11 is 1.57. The lowest BCUT2D eigenvalue weighted by molar-refractivity contribution is -0.911. The molecule has 2 aromatic carbocycles. The predicted octanol–water partition coefficient (Wildman–Crippen LogP) is 3.24. The minimum Gasteiger partial charge on any atom is -0.496 e. The molecule has 0 aliphatic carbocycles. The molecule has 1 aromatic heterocycles. The van der Waals surface area contributed by atoms with Crippen LogP contribution in [0.4, 0.5) is 0 Å². The first-order valence-corrected chi connectivity index (χ1v) is 11.2. The zero-order valence-electron chi connectivity index (χ0n) is 17.1. The third-order valence-corrected chi connectivity index (χ3v) is 7.19. The van der Waals surface area contributed by atoms with Crippen molar-refractivity contribution in [1.29, 1.82) is 5.26 Å². The molecule has 156 valence electrons. The quantitative estimate of drug-likeness (QED) is 0.685. The number of allylic oxidation sites excluding steroid dienone is 1. The molecule has 2 atom stereocenters. The Bertz CT molecular complexity index is 1210. The van der Waals surface area contributed by atoms with E-state index in [2.05, 4.69) is 6.07 Å². The second-order valence-electron chi connectivity index (χ2n) is 7.76. The molecule has 1 N–H and O–H groups in total. The first-order valence-electron chi connectivity index (χ1n) is 10.2. The van der Waals surface area contributed by atoms with Gasteiger partial charge < -0.3 is 14.1 Å². The average molecular weight is 433 g/mol. The van der Waals surface area contributed by atoms with E-state index in [1.807, 2.05) is 48.5 Å². The fourth-order valence-electron chi connectivity index (χ4n) is 4.50. The maximum absolute atomic E-state index is 13.2. The van der Waals surface area contributed by atoms with Crippen molar-refractivity contribution < 1.29 is 18.8 Å². The molecule has 3 aromatic rings. The summed E-state index contributed by atoms with van der Waals surface area (Å²) in [7, 11) is 1.63. The SMILES string of the molecule is COc1ccc2ccccc2c1[C@H]1CC(=O)N2C[NH+](Cc3ccco3)CSC2=C1C#N. The lowest BCUT2D eigenvalue weighted by atomic mass is 9.83. The topological polar surface area (TPSA) is 70.9 Å². The molecule has 2 aliphatic heterocycles. The molecule has 1 unspecified atom stereocenters. The van der Waals surface area contributed by atoms with E-state index in [0.29, 0.717) is 24.5 Å². The van der Waals surface area contributed by atoms with Crippen LogP contribution in [0.15, 0.2) is 69.8 Å². The highest BCUT2D eigenvalue weighted by atomic mass is 32.2. The number of carbonyl (C=O) groups excluding carboxylic acids is 1. The van der Waals surface area contributed by atoms with Crippen molar-refractivity contribution in [3.63, 3.8) is 0 Å². The predicted molar refractivity (Wildman–Crippen MR) is 118 cm³/mol. The second-order valence-corrected chi connectivity index (χ2v) is 8.73. The van der Waals surface area contributed by atoms with Gasteiger partial charge in [0.2, 0.25) is 5.91 Å². The molecule has 0 bridgehead atoms. The number of furan rings is 1. The van der Waals surface area contributed by atoms with E-state index in [9.17, 15) is 10.1 Å². The number of ether oxygens (including phenoxy) is 1. The largest absolute Gasteiger partial charge is 0.496 e. The summed E-state index contributed by atoms with van der Waals surface area (Å²) in [6.45, 7) is 1.24. The first kappa shape index (κ1) is 19.7. The minimum absolute atomic E-state index is 0.0399. The molecule has 5 rings (SSSR count). The van der Waals surface area contributed by atoms with Crippen LogP contribution in [-0.4, -0.2) is 30.5 Å². The number of hydrogen-bond donors (Lipinski definition) is 1. The molecule has 1 fully saturated rings. The number of nitrogens with one attached hydrogen (secondary N) is 1. The molecule has 1 amide bonds. The van der Waals surface area contributed by atoms with E-state index in [4.69, 9.17) is 9.15 Å². The fraction of sp³-hybridized carbons (Fsp3) is 0.250. The smallest absolute Gasteiger partial charge is 0.232 e. The van der Waals surface area contributed by atoms with Crippen molar-refractivity contribution in [3.8, 4) is 11.8 Å². The highest BCUT2D eigenvalue weighted by Crippen LogP contribution is 2.45. The van der Waals surface area contributed by atoms with E-state index in [-0.39, 0.29) is 18.2 Å². The number of fused-ring (bicyclic) bond motifs is 2. The third-order valence-electron chi connectivity index (χ3n) is 5.92. The van der Waals surface area contributed by atoms with Gasteiger partial charge in [0.25, 0.3) is 0 Å². The molecule has 6 nitrogen and oxygen atoms in total. The Morgan fingerprint density at radius 3 is 2.90 bits per heavy atom. The van der Waals surface area contributed by atoms with Crippen molar-refractivity contribution in [3.05, 3.63) is 76.7 Å². The van der Waals surface area contributed by atoms with Crippen LogP contribution in [0, 0.1) is 11.3 Å². The molecule has 2 aliphatic rings. The van der Waals surface area contributed by atoms with Gasteiger partial charge >= 0.3 is 0 Å². The summed E-state index contributed by atoms with van der Waals surface area (Å²) in [4.78, 5) is 16.2. The van der Waals surface area contributed by atoms with Crippen LogP contribution < -0.4 is 9.64 Å². The maximum Gasteiger partial charge on any atom is 0.232 e. The van der Waals surface area contributed by atoms with Gasteiger partial charge in [-0.15, -0.1) is 0 Å². The Labute approximate surface area is 184 Å². The molecule has 0 saturated carbocycles. The van der Waals surface area contributed by atoms with Crippen LogP contribution in [-0.2, 0) is 11.3 Å². The average Bonchev–Trinajstić information content (AvgIpc) is 3.31. The van der Waals surface area contributed by atoms with Gasteiger partial charge in [-0.25, -0.2) is 0 Å². The summed E-state index contributed by atoms with van der Waals surface area (Å²) in [6, 6.07) is 18.2. The number of benzene rings is 2. The number of methoxy groups -OCH3 is 1. The fourth-order valence-corrected chi connectivity index (χ4v) is 5.70. The Morgan fingerprint density at radius 2 is 2.13 bits per heavy atom. The number of nitriles is 1. The van der Waals surface area contributed by atoms with E-state index in [0.717, 1.165) is 33.0 Å². The molecule has 31 heavy (non-hydrogen) atoms. The Morgan fingerprint density at radius 1 is 1.26 bits per heavy atom. The molecule has 1 saturated heterocycles. The van der Waals surface area contributed by atoms with Gasteiger partial charge in [0.1, 0.15) is 23.2 Å². The van der Waals surface area contributed by atoms with Crippen molar-refractivity contribution in [2.24, 2.45) is 0 Å². The Balaban J connectivity index is 1.55. The number of quaternary nitrogens is 1. The molecule has 7 heteroatoms. The third kappa shape index (κ3) is 3.48. The van der Waals surface area contributed by atoms with E-state index >= 15 is 0 Å². The lowest BCUT2D eigenvalue weighted by Crippen LogP contribution is -3.12. The Hall–Kier alpha value is -3.21. The number of nitrogens with zero attached hydrogens (tertiary/aromatic N) is 2. The Kier molecular flexibility index (Phi) is 5.18. The van der Waals surface area contributed by atoms with Gasteiger partial charge in [-0.2, -0.15) is 5.26 Å². The number of amides is 1. The highest BCUT2D eigenvalue weighted by molar-refractivity contribution is 8.02. The van der Waals surface area contributed by atoms with Crippen molar-refractivity contribution in [2.45, 2.75) is 18.9 Å². The lowest BCUT2D eigenvalue weighted by Gasteiger charge is -2.39. The van der Waals surface area contributed by atoms with Gasteiger partial charge in [0.05, 0.1) is 25.0 Å². The highest BCUT2D eigenvalue weighted by Gasteiger charge is 2.41. The van der Waals surface area contributed by atoms with Gasteiger partial charge in [0.15, 0.2) is 12.4 Å².